The summed E-state index contributed by atoms with van der Waals surface area (Å²) in [6, 6.07) is 0. The van der Waals surface area contributed by atoms with Gasteiger partial charge in [0.15, 0.2) is 5.78 Å². The fraction of sp³-hybridized carbons (Fsp3) is 0.611. The van der Waals surface area contributed by atoms with Crippen molar-refractivity contribution in [2.45, 2.75) is 51.7 Å². The molecule has 2 saturated carbocycles. The molecule has 0 amide bonds. The summed E-state index contributed by atoms with van der Waals surface area (Å²) in [7, 11) is 0. The van der Waals surface area contributed by atoms with Gasteiger partial charge in [0.1, 0.15) is 0 Å². The Morgan fingerprint density at radius 2 is 2.19 bits per heavy atom. The highest BCUT2D eigenvalue weighted by atomic mass is 16.3. The van der Waals surface area contributed by atoms with E-state index in [1.807, 2.05) is 19.9 Å². The number of aliphatic hydroxyl groups excluding tert-OH is 2. The van der Waals surface area contributed by atoms with Crippen LogP contribution in [0.25, 0.3) is 0 Å². The van der Waals surface area contributed by atoms with Gasteiger partial charge in [-0.25, -0.2) is 0 Å². The van der Waals surface area contributed by atoms with Crippen LogP contribution in [0.3, 0.4) is 0 Å². The van der Waals surface area contributed by atoms with E-state index in [0.717, 1.165) is 6.42 Å². The van der Waals surface area contributed by atoms with Gasteiger partial charge in [-0.15, -0.1) is 0 Å². The largest absolute Gasteiger partial charge is 0.392 e. The fourth-order valence-electron chi connectivity index (χ4n) is 3.54. The van der Waals surface area contributed by atoms with Crippen LogP contribution < -0.4 is 0 Å². The van der Waals surface area contributed by atoms with E-state index in [9.17, 15) is 15.0 Å². The minimum absolute atomic E-state index is 0.0312. The number of carbonyl (C=O) groups is 1. The first kappa shape index (κ1) is 16.2. The van der Waals surface area contributed by atoms with E-state index in [1.54, 1.807) is 6.08 Å². The molecule has 0 heterocycles. The summed E-state index contributed by atoms with van der Waals surface area (Å²) in [5, 5.41) is 20.1. The lowest BCUT2D eigenvalue weighted by Gasteiger charge is -2.17. The molecule has 2 rings (SSSR count). The zero-order chi connectivity index (χ0) is 15.6. The Bertz CT molecular complexity index is 471. The second-order valence-electron chi connectivity index (χ2n) is 6.63. The number of aliphatic hydroxyl groups is 2. The van der Waals surface area contributed by atoms with E-state index >= 15 is 0 Å². The van der Waals surface area contributed by atoms with E-state index in [-0.39, 0.29) is 23.5 Å². The van der Waals surface area contributed by atoms with Crippen molar-refractivity contribution >= 4 is 5.78 Å². The van der Waals surface area contributed by atoms with Crippen LogP contribution in [-0.4, -0.2) is 28.2 Å². The smallest absolute Gasteiger partial charge is 0.161 e. The van der Waals surface area contributed by atoms with Crippen LogP contribution in [0.4, 0.5) is 0 Å². The van der Waals surface area contributed by atoms with Crippen molar-refractivity contribution in [3.63, 3.8) is 0 Å². The first-order valence-electron chi connectivity index (χ1n) is 7.80. The first-order valence-corrected chi connectivity index (χ1v) is 7.80. The summed E-state index contributed by atoms with van der Waals surface area (Å²) in [5.41, 5.74) is 1.95. The number of hydrogen-bond acceptors (Lipinski definition) is 3. The maximum Gasteiger partial charge on any atom is 0.161 e. The lowest BCUT2D eigenvalue weighted by molar-refractivity contribution is -0.118. The Hall–Kier alpha value is -1.19. The molecule has 116 valence electrons. The average molecular weight is 290 g/mol. The van der Waals surface area contributed by atoms with Crippen molar-refractivity contribution in [2.24, 2.45) is 17.8 Å². The molecule has 0 saturated heterocycles. The van der Waals surface area contributed by atoms with Crippen molar-refractivity contribution in [1.82, 2.24) is 0 Å². The summed E-state index contributed by atoms with van der Waals surface area (Å²) in [6.07, 6.45) is 7.58. The molecule has 2 aliphatic rings. The third-order valence-corrected chi connectivity index (χ3v) is 4.69. The maximum atomic E-state index is 11.9. The van der Waals surface area contributed by atoms with E-state index in [4.69, 9.17) is 0 Å². The van der Waals surface area contributed by atoms with Crippen LogP contribution in [0.15, 0.2) is 36.0 Å². The fourth-order valence-corrected chi connectivity index (χ4v) is 3.54. The molecule has 0 aromatic carbocycles. The Morgan fingerprint density at radius 1 is 1.48 bits per heavy atom. The van der Waals surface area contributed by atoms with Crippen LogP contribution in [0.2, 0.25) is 0 Å². The first-order chi connectivity index (χ1) is 9.90. The standard InChI is InChI=1S/C18H26O3/c1-11(2)5-4-6-13(19)7-8-14-15-9-12(3)18(21)16(15)10-17(14)20/h5,7-8,13-17,19-20H,3-4,6,9-10H2,1-2H3/b8-7+/t13-,14-,15-,16-,17+/m0/s1. The second kappa shape index (κ2) is 6.71. The molecule has 0 aliphatic heterocycles. The number of rotatable bonds is 5. The normalized spacial score (nSPS) is 33.5. The minimum Gasteiger partial charge on any atom is -0.392 e. The van der Waals surface area contributed by atoms with Gasteiger partial charge in [-0.05, 0) is 51.0 Å². The quantitative estimate of drug-likeness (QED) is 0.604. The molecule has 5 atom stereocenters. The third kappa shape index (κ3) is 3.72. The lowest BCUT2D eigenvalue weighted by Crippen LogP contribution is -2.17. The highest BCUT2D eigenvalue weighted by molar-refractivity contribution is 5.99. The van der Waals surface area contributed by atoms with Gasteiger partial charge in [-0.3, -0.25) is 4.79 Å². The van der Waals surface area contributed by atoms with Crippen LogP contribution >= 0.6 is 0 Å². The predicted octanol–water partition coefficient (Wildman–Crippen LogP) is 2.79. The van der Waals surface area contributed by atoms with Crippen molar-refractivity contribution < 1.29 is 15.0 Å². The molecule has 2 aliphatic carbocycles. The number of carbonyl (C=O) groups excluding carboxylic acids is 1. The zero-order valence-electron chi connectivity index (χ0n) is 13.0. The number of Topliss-reactive ketones (excluding diaryl/α,β-unsaturated/α-hetero) is 1. The summed E-state index contributed by atoms with van der Waals surface area (Å²) in [4.78, 5) is 11.9. The molecule has 0 spiro atoms. The molecule has 0 aromatic heterocycles. The predicted molar refractivity (Wildman–Crippen MR) is 83.7 cm³/mol. The number of allylic oxidation sites excluding steroid dienone is 3. The van der Waals surface area contributed by atoms with Crippen LogP contribution in [0, 0.1) is 17.8 Å². The molecule has 0 bridgehead atoms. The van der Waals surface area contributed by atoms with Gasteiger partial charge in [0, 0.05) is 11.8 Å². The van der Waals surface area contributed by atoms with Gasteiger partial charge < -0.3 is 10.2 Å². The molecule has 3 nitrogen and oxygen atoms in total. The summed E-state index contributed by atoms with van der Waals surface area (Å²) < 4.78 is 0. The van der Waals surface area contributed by atoms with Gasteiger partial charge in [0.05, 0.1) is 12.2 Å². The van der Waals surface area contributed by atoms with E-state index < -0.39 is 12.2 Å². The highest BCUT2D eigenvalue weighted by Gasteiger charge is 2.49. The number of hydrogen-bond donors (Lipinski definition) is 2. The van der Waals surface area contributed by atoms with Crippen LogP contribution in [0.5, 0.6) is 0 Å². The highest BCUT2D eigenvalue weighted by Crippen LogP contribution is 2.48. The monoisotopic (exact) mass is 290 g/mol. The van der Waals surface area contributed by atoms with E-state index in [0.29, 0.717) is 24.8 Å². The molecule has 0 aromatic rings. The van der Waals surface area contributed by atoms with E-state index in [1.165, 1.54) is 5.57 Å². The Kier molecular flexibility index (Phi) is 5.17. The van der Waals surface area contributed by atoms with Crippen molar-refractivity contribution in [3.05, 3.63) is 36.0 Å². The van der Waals surface area contributed by atoms with E-state index in [2.05, 4.69) is 12.7 Å². The molecule has 0 unspecified atom stereocenters. The topological polar surface area (TPSA) is 57.5 Å². The molecule has 0 radical (unpaired) electrons. The minimum atomic E-state index is -0.493. The van der Waals surface area contributed by atoms with Crippen molar-refractivity contribution in [2.75, 3.05) is 0 Å². The lowest BCUT2D eigenvalue weighted by atomic mass is 9.90. The molecule has 3 heteroatoms. The number of fused-ring (bicyclic) bond motifs is 1. The molecular weight excluding hydrogens is 264 g/mol. The maximum absolute atomic E-state index is 11.9. The van der Waals surface area contributed by atoms with Crippen LogP contribution in [-0.2, 0) is 4.79 Å². The van der Waals surface area contributed by atoms with Gasteiger partial charge in [0.2, 0.25) is 0 Å². The number of ketones is 1. The van der Waals surface area contributed by atoms with Crippen LogP contribution in [0.1, 0.15) is 39.5 Å². The molecule has 2 fully saturated rings. The second-order valence-corrected chi connectivity index (χ2v) is 6.63. The van der Waals surface area contributed by atoms with Gasteiger partial charge in [-0.1, -0.05) is 30.4 Å². The Labute approximate surface area is 127 Å². The van der Waals surface area contributed by atoms with Gasteiger partial charge in [-0.2, -0.15) is 0 Å². The van der Waals surface area contributed by atoms with Gasteiger partial charge in [0.25, 0.3) is 0 Å². The summed E-state index contributed by atoms with van der Waals surface area (Å²) in [6.45, 7) is 7.90. The van der Waals surface area contributed by atoms with Gasteiger partial charge >= 0.3 is 0 Å². The molecular formula is C18H26O3. The SMILES string of the molecule is C=C1C[C@H]2[C@H](/C=C/[C@@H](O)CCC=C(C)C)[C@H](O)C[C@@H]2C1=O. The third-order valence-electron chi connectivity index (χ3n) is 4.69. The Morgan fingerprint density at radius 3 is 2.86 bits per heavy atom. The van der Waals surface area contributed by atoms with Crippen molar-refractivity contribution in [1.29, 1.82) is 0 Å². The Balaban J connectivity index is 1.92. The summed E-state index contributed by atoms with van der Waals surface area (Å²) in [5.74, 6) is 0.196. The van der Waals surface area contributed by atoms with Crippen molar-refractivity contribution in [3.8, 4) is 0 Å². The zero-order valence-corrected chi connectivity index (χ0v) is 13.0. The average Bonchev–Trinajstić information content (AvgIpc) is 2.84. The molecule has 2 N–H and O–H groups in total. The summed E-state index contributed by atoms with van der Waals surface area (Å²) >= 11 is 0. The molecule has 21 heavy (non-hydrogen) atoms.